The van der Waals surface area contributed by atoms with Crippen LogP contribution in [0.5, 0.6) is 11.5 Å². The lowest BCUT2D eigenvalue weighted by Crippen LogP contribution is -2.39. The van der Waals surface area contributed by atoms with Gasteiger partial charge in [0.15, 0.2) is 17.5 Å². The number of nitrogens with one attached hydrogen (secondary N) is 2. The fourth-order valence-corrected chi connectivity index (χ4v) is 3.48. The maximum Gasteiger partial charge on any atom is 0.191 e. The van der Waals surface area contributed by atoms with E-state index in [9.17, 15) is 0 Å². The van der Waals surface area contributed by atoms with E-state index in [1.165, 1.54) is 4.88 Å². The molecule has 1 heterocycles. The van der Waals surface area contributed by atoms with Crippen molar-refractivity contribution in [3.8, 4) is 11.5 Å². The van der Waals surface area contributed by atoms with Crippen molar-refractivity contribution in [2.24, 2.45) is 10.9 Å². The number of halogens is 1. The SMILES string of the molecule is CN=C(NCc1cccc(OC)c1OC)NCC(C)Cc1cccs1.I. The first-order valence-electron chi connectivity index (χ1n) is 8.34. The number of ether oxygens (including phenoxy) is 2. The fraction of sp³-hybridized carbons (Fsp3) is 0.421. The first kappa shape index (κ1) is 22.6. The van der Waals surface area contributed by atoms with Crippen LogP contribution in [0.4, 0.5) is 0 Å². The minimum absolute atomic E-state index is 0. The van der Waals surface area contributed by atoms with Crippen molar-refractivity contribution in [1.82, 2.24) is 10.6 Å². The van der Waals surface area contributed by atoms with Crippen LogP contribution in [-0.2, 0) is 13.0 Å². The highest BCUT2D eigenvalue weighted by Crippen LogP contribution is 2.30. The second-order valence-electron chi connectivity index (χ2n) is 5.85. The normalized spacial score (nSPS) is 12.1. The molecule has 0 fully saturated rings. The lowest BCUT2D eigenvalue weighted by molar-refractivity contribution is 0.351. The molecule has 0 aliphatic carbocycles. The molecule has 0 spiro atoms. The average Bonchev–Trinajstić information content (AvgIpc) is 3.14. The summed E-state index contributed by atoms with van der Waals surface area (Å²) in [6, 6.07) is 10.1. The van der Waals surface area contributed by atoms with Crippen molar-refractivity contribution in [3.63, 3.8) is 0 Å². The van der Waals surface area contributed by atoms with Gasteiger partial charge in [0.25, 0.3) is 0 Å². The zero-order chi connectivity index (χ0) is 18.1. The number of nitrogens with zero attached hydrogens (tertiary/aromatic N) is 1. The topological polar surface area (TPSA) is 54.9 Å². The molecule has 1 unspecified atom stereocenters. The van der Waals surface area contributed by atoms with E-state index in [1.807, 2.05) is 18.2 Å². The summed E-state index contributed by atoms with van der Waals surface area (Å²) in [5, 5.41) is 8.84. The molecule has 5 nitrogen and oxygen atoms in total. The number of hydrogen-bond acceptors (Lipinski definition) is 4. The minimum atomic E-state index is 0. The van der Waals surface area contributed by atoms with Gasteiger partial charge in [0, 0.05) is 30.6 Å². The highest BCUT2D eigenvalue weighted by Gasteiger charge is 2.10. The maximum absolute atomic E-state index is 5.47. The molecular weight excluding hydrogens is 461 g/mol. The summed E-state index contributed by atoms with van der Waals surface area (Å²) in [5.41, 5.74) is 1.02. The first-order chi connectivity index (χ1) is 12.2. The molecule has 0 aliphatic heterocycles. The third-order valence-corrected chi connectivity index (χ3v) is 4.80. The average molecular weight is 489 g/mol. The maximum atomic E-state index is 5.47. The Morgan fingerprint density at radius 3 is 2.58 bits per heavy atom. The molecule has 2 rings (SSSR count). The number of guanidine groups is 1. The number of aliphatic imine (C=N–C) groups is 1. The highest BCUT2D eigenvalue weighted by molar-refractivity contribution is 14.0. The Balaban J connectivity index is 0.00000338. The number of methoxy groups -OCH3 is 2. The first-order valence-corrected chi connectivity index (χ1v) is 9.22. The van der Waals surface area contributed by atoms with Crippen LogP contribution >= 0.6 is 35.3 Å². The Bertz CT molecular complexity index is 677. The predicted octanol–water partition coefficient (Wildman–Crippen LogP) is 3.93. The van der Waals surface area contributed by atoms with Crippen LogP contribution in [0.1, 0.15) is 17.4 Å². The summed E-state index contributed by atoms with van der Waals surface area (Å²) >= 11 is 1.81. The molecule has 7 heteroatoms. The standard InChI is InChI=1S/C19H27N3O2S.HI/c1-14(11-16-8-6-10-25-16)12-21-19(20-2)22-13-15-7-5-9-17(23-3)18(15)24-4;/h5-10,14H,11-13H2,1-4H3,(H2,20,21,22);1H. The van der Waals surface area contributed by atoms with Gasteiger partial charge >= 0.3 is 0 Å². The van der Waals surface area contributed by atoms with Crippen molar-refractivity contribution >= 4 is 41.3 Å². The summed E-state index contributed by atoms with van der Waals surface area (Å²) in [7, 11) is 5.08. The number of hydrogen-bond donors (Lipinski definition) is 2. The summed E-state index contributed by atoms with van der Waals surface area (Å²) < 4.78 is 10.8. The van der Waals surface area contributed by atoms with Gasteiger partial charge in [-0.2, -0.15) is 0 Å². The van der Waals surface area contributed by atoms with E-state index >= 15 is 0 Å². The number of thiophene rings is 1. The molecule has 0 aliphatic rings. The Kier molecular flexibility index (Phi) is 10.4. The third kappa shape index (κ3) is 6.68. The molecule has 1 atom stereocenters. The monoisotopic (exact) mass is 489 g/mol. The van der Waals surface area contributed by atoms with Crippen molar-refractivity contribution in [3.05, 3.63) is 46.2 Å². The van der Waals surface area contributed by atoms with Gasteiger partial charge in [-0.15, -0.1) is 35.3 Å². The third-order valence-electron chi connectivity index (χ3n) is 3.90. The molecule has 2 N–H and O–H groups in total. The largest absolute Gasteiger partial charge is 0.493 e. The van der Waals surface area contributed by atoms with Crippen molar-refractivity contribution in [1.29, 1.82) is 0 Å². The van der Waals surface area contributed by atoms with E-state index in [4.69, 9.17) is 9.47 Å². The van der Waals surface area contributed by atoms with Crippen LogP contribution in [0.3, 0.4) is 0 Å². The molecule has 144 valence electrons. The van der Waals surface area contributed by atoms with Gasteiger partial charge in [-0.25, -0.2) is 0 Å². The van der Waals surface area contributed by atoms with Gasteiger partial charge in [0.05, 0.1) is 14.2 Å². The molecule has 2 aromatic rings. The molecule has 0 amide bonds. The smallest absolute Gasteiger partial charge is 0.191 e. The number of rotatable bonds is 8. The van der Waals surface area contributed by atoms with E-state index in [0.29, 0.717) is 12.5 Å². The molecule has 0 bridgehead atoms. The number of benzene rings is 1. The zero-order valence-corrected chi connectivity index (χ0v) is 18.9. The Morgan fingerprint density at radius 1 is 1.15 bits per heavy atom. The highest BCUT2D eigenvalue weighted by atomic mass is 127. The summed E-state index contributed by atoms with van der Waals surface area (Å²) in [5.74, 6) is 2.79. The van der Waals surface area contributed by atoms with Crippen molar-refractivity contribution in [2.75, 3.05) is 27.8 Å². The molecule has 0 radical (unpaired) electrons. The van der Waals surface area contributed by atoms with Crippen molar-refractivity contribution < 1.29 is 9.47 Å². The van der Waals surface area contributed by atoms with E-state index in [-0.39, 0.29) is 24.0 Å². The second kappa shape index (κ2) is 12.0. The fourth-order valence-electron chi connectivity index (χ4n) is 2.61. The lowest BCUT2D eigenvalue weighted by Gasteiger charge is -2.17. The van der Waals surface area contributed by atoms with E-state index < -0.39 is 0 Å². The molecule has 0 saturated carbocycles. The molecule has 1 aromatic carbocycles. The van der Waals surface area contributed by atoms with Crippen LogP contribution in [0, 0.1) is 5.92 Å². The summed E-state index contributed by atoms with van der Waals surface area (Å²) in [6.45, 7) is 3.72. The van der Waals surface area contributed by atoms with Gasteiger partial charge in [-0.3, -0.25) is 4.99 Å². The summed E-state index contributed by atoms with van der Waals surface area (Å²) in [4.78, 5) is 5.71. The molecular formula is C19H28IN3O2S. The van der Waals surface area contributed by atoms with E-state index in [0.717, 1.165) is 36.0 Å². The lowest BCUT2D eigenvalue weighted by atomic mass is 10.1. The Labute approximate surface area is 177 Å². The van der Waals surface area contributed by atoms with Gasteiger partial charge < -0.3 is 20.1 Å². The Morgan fingerprint density at radius 2 is 1.96 bits per heavy atom. The van der Waals surface area contributed by atoms with E-state index in [2.05, 4.69) is 40.1 Å². The Hall–Kier alpha value is -1.48. The molecule has 0 saturated heterocycles. The van der Waals surface area contributed by atoms with Gasteiger partial charge in [0.2, 0.25) is 0 Å². The second-order valence-corrected chi connectivity index (χ2v) is 6.88. The molecule has 1 aromatic heterocycles. The zero-order valence-electron chi connectivity index (χ0n) is 15.7. The van der Waals surface area contributed by atoms with Crippen LogP contribution in [0.15, 0.2) is 40.7 Å². The van der Waals surface area contributed by atoms with Crippen LogP contribution in [-0.4, -0.2) is 33.8 Å². The van der Waals surface area contributed by atoms with Gasteiger partial charge in [0.1, 0.15) is 0 Å². The van der Waals surface area contributed by atoms with Gasteiger partial charge in [-0.1, -0.05) is 25.1 Å². The summed E-state index contributed by atoms with van der Waals surface area (Å²) in [6.07, 6.45) is 1.07. The van der Waals surface area contributed by atoms with Crippen molar-refractivity contribution in [2.45, 2.75) is 19.9 Å². The minimum Gasteiger partial charge on any atom is -0.493 e. The predicted molar refractivity (Wildman–Crippen MR) is 120 cm³/mol. The molecule has 26 heavy (non-hydrogen) atoms. The number of para-hydroxylation sites is 1. The quantitative estimate of drug-likeness (QED) is 0.335. The van der Waals surface area contributed by atoms with Gasteiger partial charge in [-0.05, 0) is 29.9 Å². The van der Waals surface area contributed by atoms with Crippen LogP contribution < -0.4 is 20.1 Å². The van der Waals surface area contributed by atoms with Crippen LogP contribution in [0.2, 0.25) is 0 Å². The van der Waals surface area contributed by atoms with Crippen LogP contribution in [0.25, 0.3) is 0 Å². The van der Waals surface area contributed by atoms with E-state index in [1.54, 1.807) is 32.6 Å².